The lowest BCUT2D eigenvalue weighted by molar-refractivity contribution is 0.0799. The van der Waals surface area contributed by atoms with E-state index in [-0.39, 0.29) is 29.7 Å². The van der Waals surface area contributed by atoms with E-state index in [0.717, 1.165) is 11.1 Å². The lowest BCUT2D eigenvalue weighted by Gasteiger charge is -2.24. The van der Waals surface area contributed by atoms with Crippen molar-refractivity contribution in [2.75, 3.05) is 0 Å². The van der Waals surface area contributed by atoms with Gasteiger partial charge in [-0.1, -0.05) is 115 Å². The van der Waals surface area contributed by atoms with E-state index in [4.69, 9.17) is 0 Å². The second-order valence-corrected chi connectivity index (χ2v) is 8.69. The number of hydrogen-bond acceptors (Lipinski definition) is 3. The molecule has 0 aromatic heterocycles. The van der Waals surface area contributed by atoms with Crippen molar-refractivity contribution in [2.24, 2.45) is 5.92 Å². The molecule has 0 unspecified atom stereocenters. The van der Waals surface area contributed by atoms with Gasteiger partial charge < -0.3 is 0 Å². The number of fused-ring (bicyclic) bond motifs is 1. The summed E-state index contributed by atoms with van der Waals surface area (Å²) in [5.74, 6) is -1.89. The van der Waals surface area contributed by atoms with E-state index in [0.29, 0.717) is 16.7 Å². The lowest BCUT2D eigenvalue weighted by Crippen LogP contribution is -2.29. The average Bonchev–Trinajstić information content (AvgIpc) is 3.23. The Morgan fingerprint density at radius 3 is 1.50 bits per heavy atom. The van der Waals surface area contributed by atoms with E-state index in [1.165, 1.54) is 0 Å². The van der Waals surface area contributed by atoms with Crippen molar-refractivity contribution >= 4 is 17.3 Å². The Morgan fingerprint density at radius 1 is 0.500 bits per heavy atom. The molecular weight excluding hydrogens is 420 g/mol. The normalized spacial score (nSPS) is 18.8. The molecule has 4 aromatic carbocycles. The first-order chi connectivity index (χ1) is 16.6. The van der Waals surface area contributed by atoms with E-state index < -0.39 is 11.8 Å². The molecule has 0 spiro atoms. The number of rotatable bonds is 7. The summed E-state index contributed by atoms with van der Waals surface area (Å²) in [6.07, 6.45) is 0.169. The van der Waals surface area contributed by atoms with Gasteiger partial charge in [-0.2, -0.15) is 0 Å². The van der Waals surface area contributed by atoms with Crippen LogP contribution >= 0.6 is 0 Å². The maximum Gasteiger partial charge on any atom is 0.171 e. The molecule has 3 atom stereocenters. The molecule has 1 aliphatic carbocycles. The van der Waals surface area contributed by atoms with Crippen LogP contribution in [0.15, 0.2) is 115 Å². The molecule has 0 radical (unpaired) electrons. The Kier molecular flexibility index (Phi) is 6.01. The molecule has 0 N–H and O–H groups in total. The van der Waals surface area contributed by atoms with Crippen LogP contribution in [0.3, 0.4) is 0 Å². The van der Waals surface area contributed by atoms with Crippen LogP contribution in [0.25, 0.3) is 0 Å². The molecule has 0 heterocycles. The molecule has 3 heteroatoms. The van der Waals surface area contributed by atoms with E-state index in [2.05, 4.69) is 0 Å². The zero-order valence-corrected chi connectivity index (χ0v) is 18.6. The fraction of sp³-hybridized carbons (Fsp3) is 0.129. The molecule has 0 amide bonds. The molecular formula is C31H24O3. The summed E-state index contributed by atoms with van der Waals surface area (Å²) in [4.78, 5) is 41.0. The lowest BCUT2D eigenvalue weighted by atomic mass is 9.76. The standard InChI is InChI=1S/C31H24O3/c32-27(21-12-4-1-5-13-21)20-26-24-18-10-11-19-25(24)28(30(33)22-14-6-2-7-15-22)29(26)31(34)23-16-8-3-9-17-23/h1-19,26,28-29H,20H2/t26-,28+,29+/m1/s1. The maximum atomic E-state index is 13.9. The second-order valence-electron chi connectivity index (χ2n) is 8.69. The van der Waals surface area contributed by atoms with Crippen molar-refractivity contribution < 1.29 is 14.4 Å². The third-order valence-electron chi connectivity index (χ3n) is 6.73. The van der Waals surface area contributed by atoms with Gasteiger partial charge in [0.2, 0.25) is 0 Å². The highest BCUT2D eigenvalue weighted by molar-refractivity contribution is 6.09. The average molecular weight is 445 g/mol. The zero-order chi connectivity index (χ0) is 23.5. The fourth-order valence-corrected chi connectivity index (χ4v) is 5.14. The van der Waals surface area contributed by atoms with Gasteiger partial charge in [-0.3, -0.25) is 14.4 Å². The molecule has 0 saturated carbocycles. The SMILES string of the molecule is O=C(C[C@@H]1c2ccccc2[C@H](C(=O)c2ccccc2)[C@H]1C(=O)c1ccccc1)c1ccccc1. The van der Waals surface area contributed by atoms with Crippen LogP contribution in [0.5, 0.6) is 0 Å². The van der Waals surface area contributed by atoms with Crippen molar-refractivity contribution in [3.8, 4) is 0 Å². The highest BCUT2D eigenvalue weighted by Gasteiger charge is 2.48. The minimum Gasteiger partial charge on any atom is -0.294 e. The zero-order valence-electron chi connectivity index (χ0n) is 18.6. The fourth-order valence-electron chi connectivity index (χ4n) is 5.14. The Hall–Kier alpha value is -4.11. The smallest absolute Gasteiger partial charge is 0.171 e. The second kappa shape index (κ2) is 9.40. The van der Waals surface area contributed by atoms with Gasteiger partial charge >= 0.3 is 0 Å². The van der Waals surface area contributed by atoms with Gasteiger partial charge in [-0.25, -0.2) is 0 Å². The Bertz CT molecular complexity index is 1330. The topological polar surface area (TPSA) is 51.2 Å². The first kappa shape index (κ1) is 21.7. The largest absolute Gasteiger partial charge is 0.294 e. The summed E-state index contributed by atoms with van der Waals surface area (Å²) in [5, 5.41) is 0. The van der Waals surface area contributed by atoms with Crippen LogP contribution in [0, 0.1) is 5.92 Å². The number of carbonyl (C=O) groups excluding carboxylic acids is 3. The van der Waals surface area contributed by atoms with Crippen molar-refractivity contribution in [3.05, 3.63) is 143 Å². The molecule has 5 rings (SSSR count). The van der Waals surface area contributed by atoms with Gasteiger partial charge in [0.25, 0.3) is 0 Å². The molecule has 1 aliphatic rings. The molecule has 166 valence electrons. The first-order valence-corrected chi connectivity index (χ1v) is 11.5. The maximum absolute atomic E-state index is 13.9. The number of hydrogen-bond donors (Lipinski definition) is 0. The van der Waals surface area contributed by atoms with Gasteiger partial charge in [0, 0.05) is 34.9 Å². The Balaban J connectivity index is 1.62. The summed E-state index contributed by atoms with van der Waals surface area (Å²) in [6.45, 7) is 0. The van der Waals surface area contributed by atoms with Crippen LogP contribution in [0.1, 0.15) is 60.5 Å². The monoisotopic (exact) mass is 444 g/mol. The van der Waals surface area contributed by atoms with Gasteiger partial charge in [-0.05, 0) is 11.1 Å². The number of ketones is 3. The minimum atomic E-state index is -0.653. The summed E-state index contributed by atoms with van der Waals surface area (Å²) < 4.78 is 0. The molecule has 0 saturated heterocycles. The number of Topliss-reactive ketones (excluding diaryl/α,β-unsaturated/α-hetero) is 3. The van der Waals surface area contributed by atoms with Crippen LogP contribution < -0.4 is 0 Å². The Morgan fingerprint density at radius 2 is 0.941 bits per heavy atom. The van der Waals surface area contributed by atoms with E-state index in [9.17, 15) is 14.4 Å². The van der Waals surface area contributed by atoms with E-state index >= 15 is 0 Å². The van der Waals surface area contributed by atoms with Gasteiger partial charge in [-0.15, -0.1) is 0 Å². The van der Waals surface area contributed by atoms with Crippen LogP contribution in [-0.2, 0) is 0 Å². The van der Waals surface area contributed by atoms with Crippen LogP contribution in [0.4, 0.5) is 0 Å². The van der Waals surface area contributed by atoms with Crippen molar-refractivity contribution in [2.45, 2.75) is 18.3 Å². The third kappa shape index (κ3) is 4.01. The molecule has 34 heavy (non-hydrogen) atoms. The molecule has 3 nitrogen and oxygen atoms in total. The summed E-state index contributed by atoms with van der Waals surface area (Å²) in [5.41, 5.74) is 3.50. The van der Waals surface area contributed by atoms with Crippen molar-refractivity contribution in [1.29, 1.82) is 0 Å². The van der Waals surface area contributed by atoms with E-state index in [1.54, 1.807) is 36.4 Å². The predicted octanol–water partition coefficient (Wildman–Crippen LogP) is 6.52. The number of benzene rings is 4. The van der Waals surface area contributed by atoms with Crippen LogP contribution in [-0.4, -0.2) is 17.3 Å². The minimum absolute atomic E-state index is 0.0286. The Labute approximate surface area is 199 Å². The summed E-state index contributed by atoms with van der Waals surface area (Å²) in [6, 6.07) is 35.0. The van der Waals surface area contributed by atoms with Gasteiger partial charge in [0.1, 0.15) is 0 Å². The quantitative estimate of drug-likeness (QED) is 0.305. The van der Waals surface area contributed by atoms with Gasteiger partial charge in [0.15, 0.2) is 17.3 Å². The molecule has 0 fully saturated rings. The first-order valence-electron chi connectivity index (χ1n) is 11.5. The van der Waals surface area contributed by atoms with Crippen molar-refractivity contribution in [1.82, 2.24) is 0 Å². The van der Waals surface area contributed by atoms with E-state index in [1.807, 2.05) is 78.9 Å². The highest BCUT2D eigenvalue weighted by atomic mass is 16.1. The molecule has 4 aromatic rings. The molecule has 0 aliphatic heterocycles. The summed E-state index contributed by atoms with van der Waals surface area (Å²) in [7, 11) is 0. The third-order valence-corrected chi connectivity index (χ3v) is 6.73. The van der Waals surface area contributed by atoms with Crippen LogP contribution in [0.2, 0.25) is 0 Å². The summed E-state index contributed by atoms with van der Waals surface area (Å²) >= 11 is 0. The number of carbonyl (C=O) groups is 3. The molecule has 0 bridgehead atoms. The highest BCUT2D eigenvalue weighted by Crippen LogP contribution is 2.51. The van der Waals surface area contributed by atoms with Crippen molar-refractivity contribution in [3.63, 3.8) is 0 Å². The van der Waals surface area contributed by atoms with Gasteiger partial charge in [0.05, 0.1) is 5.92 Å². The predicted molar refractivity (Wildman–Crippen MR) is 132 cm³/mol.